The predicted molar refractivity (Wildman–Crippen MR) is 69.7 cm³/mol. The molecular weight excluding hydrogens is 246 g/mol. The molecule has 0 spiro atoms. The molecule has 0 fully saturated rings. The second-order valence-electron chi connectivity index (χ2n) is 3.88. The van der Waals surface area contributed by atoms with Gasteiger partial charge in [0.2, 0.25) is 0 Å². The maximum Gasteiger partial charge on any atom is 0.251 e. The van der Waals surface area contributed by atoms with Crippen molar-refractivity contribution < 1.29 is 14.3 Å². The van der Waals surface area contributed by atoms with Crippen molar-refractivity contribution in [3.63, 3.8) is 0 Å². The minimum Gasteiger partial charge on any atom is -0.447 e. The molecule has 0 aliphatic rings. The number of oxazole rings is 1. The molecule has 3 N–H and O–H groups in total. The summed E-state index contributed by atoms with van der Waals surface area (Å²) in [6.45, 7) is 0.725. The van der Waals surface area contributed by atoms with Crippen LogP contribution >= 0.6 is 0 Å². The third-order valence-corrected chi connectivity index (χ3v) is 2.49. The summed E-state index contributed by atoms with van der Waals surface area (Å²) in [6, 6.07) is 7.05. The first-order valence-corrected chi connectivity index (χ1v) is 5.90. The summed E-state index contributed by atoms with van der Waals surface area (Å²) >= 11 is 0. The Morgan fingerprint density at radius 2 is 2.11 bits per heavy atom. The van der Waals surface area contributed by atoms with Gasteiger partial charge in [-0.25, -0.2) is 4.98 Å². The first-order chi connectivity index (χ1) is 9.29. The minimum atomic E-state index is -0.198. The number of hydrogen-bond donors (Lipinski definition) is 3. The van der Waals surface area contributed by atoms with E-state index in [1.807, 2.05) is 12.1 Å². The number of aromatic nitrogens is 1. The number of hydrogen-bond acceptors (Lipinski definition) is 5. The summed E-state index contributed by atoms with van der Waals surface area (Å²) in [5.74, 6) is 0.542. The van der Waals surface area contributed by atoms with Gasteiger partial charge in [-0.3, -0.25) is 4.79 Å². The maximum absolute atomic E-state index is 11.6. The Hall–Kier alpha value is -2.34. The zero-order chi connectivity index (χ0) is 13.5. The van der Waals surface area contributed by atoms with E-state index >= 15 is 0 Å². The molecule has 0 saturated heterocycles. The second-order valence-corrected chi connectivity index (χ2v) is 3.88. The third kappa shape index (κ3) is 3.82. The summed E-state index contributed by atoms with van der Waals surface area (Å²) in [5, 5.41) is 14.4. The van der Waals surface area contributed by atoms with Crippen LogP contribution in [0.3, 0.4) is 0 Å². The Kier molecular flexibility index (Phi) is 4.52. The van der Waals surface area contributed by atoms with Crippen LogP contribution in [-0.2, 0) is 6.54 Å². The molecule has 6 heteroatoms. The number of nitrogens with zero attached hydrogens (tertiary/aromatic N) is 1. The van der Waals surface area contributed by atoms with Crippen LogP contribution in [0.2, 0.25) is 0 Å². The number of aliphatic hydroxyl groups excluding tert-OH is 1. The van der Waals surface area contributed by atoms with Crippen LogP contribution < -0.4 is 10.6 Å². The zero-order valence-corrected chi connectivity index (χ0v) is 10.3. The average Bonchev–Trinajstić information content (AvgIpc) is 2.96. The van der Waals surface area contributed by atoms with Gasteiger partial charge in [0.25, 0.3) is 5.91 Å². The molecule has 0 bridgehead atoms. The van der Waals surface area contributed by atoms with E-state index in [9.17, 15) is 4.79 Å². The fourth-order valence-corrected chi connectivity index (χ4v) is 1.53. The molecule has 1 heterocycles. The molecule has 100 valence electrons. The Morgan fingerprint density at radius 1 is 1.32 bits per heavy atom. The highest BCUT2D eigenvalue weighted by molar-refractivity contribution is 5.94. The van der Waals surface area contributed by atoms with Crippen molar-refractivity contribution in [3.05, 3.63) is 48.2 Å². The number of anilines is 1. The van der Waals surface area contributed by atoms with Crippen LogP contribution in [-0.4, -0.2) is 29.1 Å². The van der Waals surface area contributed by atoms with Crippen molar-refractivity contribution in [2.45, 2.75) is 6.54 Å². The number of amides is 1. The Morgan fingerprint density at radius 3 is 2.74 bits per heavy atom. The van der Waals surface area contributed by atoms with Gasteiger partial charge in [-0.15, -0.1) is 0 Å². The molecule has 0 saturated carbocycles. The molecule has 1 aromatic carbocycles. The average molecular weight is 261 g/mol. The standard InChI is InChI=1S/C13H15N3O3/c17-6-5-15-13(18)10-1-3-11(4-2-10)16-8-12-7-14-9-19-12/h1-4,7,9,16-17H,5-6,8H2,(H,15,18). The number of rotatable bonds is 6. The lowest BCUT2D eigenvalue weighted by Gasteiger charge is -2.06. The van der Waals surface area contributed by atoms with E-state index in [0.717, 1.165) is 11.4 Å². The normalized spacial score (nSPS) is 10.2. The van der Waals surface area contributed by atoms with Crippen molar-refractivity contribution >= 4 is 11.6 Å². The SMILES string of the molecule is O=C(NCCO)c1ccc(NCc2cnco2)cc1. The van der Waals surface area contributed by atoms with Gasteiger partial charge in [0.05, 0.1) is 19.3 Å². The van der Waals surface area contributed by atoms with E-state index in [1.54, 1.807) is 18.3 Å². The fraction of sp³-hybridized carbons (Fsp3) is 0.231. The van der Waals surface area contributed by atoms with Gasteiger partial charge < -0.3 is 20.2 Å². The van der Waals surface area contributed by atoms with E-state index in [1.165, 1.54) is 6.39 Å². The summed E-state index contributed by atoms with van der Waals surface area (Å²) in [5.41, 5.74) is 1.44. The highest BCUT2D eigenvalue weighted by Crippen LogP contribution is 2.11. The van der Waals surface area contributed by atoms with Crippen LogP contribution in [0.5, 0.6) is 0 Å². The smallest absolute Gasteiger partial charge is 0.251 e. The molecule has 0 unspecified atom stereocenters. The number of aliphatic hydroxyl groups is 1. The summed E-state index contributed by atoms with van der Waals surface area (Å²) < 4.78 is 5.10. The van der Waals surface area contributed by atoms with Gasteiger partial charge >= 0.3 is 0 Å². The first-order valence-electron chi connectivity index (χ1n) is 5.90. The van der Waals surface area contributed by atoms with Gasteiger partial charge in [-0.1, -0.05) is 0 Å². The van der Waals surface area contributed by atoms with Crippen molar-refractivity contribution in [1.29, 1.82) is 0 Å². The third-order valence-electron chi connectivity index (χ3n) is 2.49. The topological polar surface area (TPSA) is 87.4 Å². The molecule has 1 amide bonds. The predicted octanol–water partition coefficient (Wildman–Crippen LogP) is 1.01. The van der Waals surface area contributed by atoms with Gasteiger partial charge in [-0.05, 0) is 24.3 Å². The molecule has 2 aromatic rings. The Labute approximate surface area is 110 Å². The van der Waals surface area contributed by atoms with Crippen molar-refractivity contribution in [2.24, 2.45) is 0 Å². The Bertz CT molecular complexity index is 508. The fourth-order valence-electron chi connectivity index (χ4n) is 1.53. The maximum atomic E-state index is 11.6. The number of carbonyl (C=O) groups excluding carboxylic acids is 1. The van der Waals surface area contributed by atoms with Crippen LogP contribution in [0, 0.1) is 0 Å². The van der Waals surface area contributed by atoms with E-state index in [4.69, 9.17) is 9.52 Å². The van der Waals surface area contributed by atoms with Gasteiger partial charge in [0, 0.05) is 17.8 Å². The quantitative estimate of drug-likeness (QED) is 0.722. The Balaban J connectivity index is 1.89. The minimum absolute atomic E-state index is 0.0669. The van der Waals surface area contributed by atoms with E-state index in [2.05, 4.69) is 15.6 Å². The molecule has 0 radical (unpaired) electrons. The first kappa shape index (κ1) is 13.1. The van der Waals surface area contributed by atoms with Crippen LogP contribution in [0.15, 0.2) is 41.3 Å². The largest absolute Gasteiger partial charge is 0.447 e. The summed E-state index contributed by atoms with van der Waals surface area (Å²) in [7, 11) is 0. The van der Waals surface area contributed by atoms with E-state index in [-0.39, 0.29) is 19.1 Å². The lowest BCUT2D eigenvalue weighted by atomic mass is 10.2. The van der Waals surface area contributed by atoms with Gasteiger partial charge in [0.1, 0.15) is 5.76 Å². The molecule has 6 nitrogen and oxygen atoms in total. The van der Waals surface area contributed by atoms with Crippen LogP contribution in [0.1, 0.15) is 16.1 Å². The van der Waals surface area contributed by atoms with Crippen molar-refractivity contribution in [3.8, 4) is 0 Å². The van der Waals surface area contributed by atoms with Crippen LogP contribution in [0.25, 0.3) is 0 Å². The molecule has 0 atom stereocenters. The van der Waals surface area contributed by atoms with E-state index in [0.29, 0.717) is 12.1 Å². The summed E-state index contributed by atoms with van der Waals surface area (Å²) in [6.07, 6.45) is 3.02. The summed E-state index contributed by atoms with van der Waals surface area (Å²) in [4.78, 5) is 15.4. The lowest BCUT2D eigenvalue weighted by molar-refractivity contribution is 0.0945. The van der Waals surface area contributed by atoms with Gasteiger partial charge in [0.15, 0.2) is 6.39 Å². The monoisotopic (exact) mass is 261 g/mol. The molecule has 0 aliphatic carbocycles. The lowest BCUT2D eigenvalue weighted by Crippen LogP contribution is -2.26. The number of carbonyl (C=O) groups is 1. The van der Waals surface area contributed by atoms with Crippen molar-refractivity contribution in [1.82, 2.24) is 10.3 Å². The van der Waals surface area contributed by atoms with Crippen LogP contribution in [0.4, 0.5) is 5.69 Å². The molecule has 0 aliphatic heterocycles. The molecule has 1 aromatic heterocycles. The number of nitrogens with one attached hydrogen (secondary N) is 2. The van der Waals surface area contributed by atoms with Crippen molar-refractivity contribution in [2.75, 3.05) is 18.5 Å². The van der Waals surface area contributed by atoms with E-state index < -0.39 is 0 Å². The zero-order valence-electron chi connectivity index (χ0n) is 10.3. The highest BCUT2D eigenvalue weighted by atomic mass is 16.3. The number of benzene rings is 1. The molecule has 2 rings (SSSR count). The molecule has 19 heavy (non-hydrogen) atoms. The van der Waals surface area contributed by atoms with Gasteiger partial charge in [-0.2, -0.15) is 0 Å². The highest BCUT2D eigenvalue weighted by Gasteiger charge is 2.04. The molecular formula is C13H15N3O3. The second kappa shape index (κ2) is 6.55.